The second-order valence-electron chi connectivity index (χ2n) is 6.16. The Labute approximate surface area is 162 Å². The molecule has 0 saturated heterocycles. The van der Waals surface area contributed by atoms with E-state index in [4.69, 9.17) is 0 Å². The van der Waals surface area contributed by atoms with Gasteiger partial charge >= 0.3 is 0 Å². The van der Waals surface area contributed by atoms with Gasteiger partial charge in [0.15, 0.2) is 9.84 Å². The Morgan fingerprint density at radius 2 is 1.81 bits per heavy atom. The van der Waals surface area contributed by atoms with E-state index in [1.54, 1.807) is 53.6 Å². The molecular weight excluding hydrogens is 385 g/mol. The first-order chi connectivity index (χ1) is 13.0. The van der Waals surface area contributed by atoms with Gasteiger partial charge in [0.1, 0.15) is 22.8 Å². The van der Waals surface area contributed by atoms with Crippen LogP contribution in [0.1, 0.15) is 11.4 Å². The van der Waals surface area contributed by atoms with Gasteiger partial charge < -0.3 is 4.90 Å². The number of hydrogen-bond acceptors (Lipinski definition) is 6. The highest BCUT2D eigenvalue weighted by Crippen LogP contribution is 2.40. The second-order valence-corrected chi connectivity index (χ2v) is 8.58. The van der Waals surface area contributed by atoms with Gasteiger partial charge in [0.05, 0.1) is 10.6 Å². The minimum absolute atomic E-state index is 0.234. The van der Waals surface area contributed by atoms with Crippen LogP contribution in [0.4, 0.5) is 15.9 Å². The zero-order chi connectivity index (χ0) is 19.0. The SMILES string of the molecule is O=S(=O)(c1ccccc1)C1Cc2cnc(CS)nc2N1c1ccc(F)cc1. The summed E-state index contributed by atoms with van der Waals surface area (Å²) in [6, 6.07) is 14.0. The Kier molecular flexibility index (Phi) is 4.61. The van der Waals surface area contributed by atoms with E-state index in [-0.39, 0.29) is 17.1 Å². The van der Waals surface area contributed by atoms with Crippen LogP contribution in [0.25, 0.3) is 0 Å². The summed E-state index contributed by atoms with van der Waals surface area (Å²) < 4.78 is 40.1. The van der Waals surface area contributed by atoms with Crippen molar-refractivity contribution in [2.45, 2.75) is 22.4 Å². The van der Waals surface area contributed by atoms with Crippen LogP contribution in [0, 0.1) is 5.82 Å². The van der Waals surface area contributed by atoms with Gasteiger partial charge in [-0.1, -0.05) is 18.2 Å². The molecule has 3 aromatic rings. The first-order valence-corrected chi connectivity index (χ1v) is 10.5. The number of rotatable bonds is 4. The van der Waals surface area contributed by atoms with Crippen LogP contribution >= 0.6 is 12.6 Å². The average Bonchev–Trinajstić information content (AvgIpc) is 3.08. The molecule has 0 amide bonds. The number of hydrogen-bond donors (Lipinski definition) is 1. The fourth-order valence-corrected chi connectivity index (χ4v) is 5.08. The van der Waals surface area contributed by atoms with Crippen LogP contribution in [0.3, 0.4) is 0 Å². The van der Waals surface area contributed by atoms with Crippen molar-refractivity contribution < 1.29 is 12.8 Å². The number of aromatic nitrogens is 2. The lowest BCUT2D eigenvalue weighted by Crippen LogP contribution is -2.35. The molecule has 1 aliphatic rings. The average molecular weight is 401 g/mol. The molecular formula is C19H16FN3O2S2. The number of sulfone groups is 1. The molecule has 0 fully saturated rings. The Hall–Kier alpha value is -2.45. The summed E-state index contributed by atoms with van der Waals surface area (Å²) in [6.07, 6.45) is 1.89. The lowest BCUT2D eigenvalue weighted by Gasteiger charge is -2.26. The predicted octanol–water partition coefficient (Wildman–Crippen LogP) is 3.54. The zero-order valence-corrected chi connectivity index (χ0v) is 15.9. The van der Waals surface area contributed by atoms with Crippen LogP contribution in [0.5, 0.6) is 0 Å². The fourth-order valence-electron chi connectivity index (χ4n) is 3.18. The molecule has 2 aromatic carbocycles. The Morgan fingerprint density at radius 1 is 1.11 bits per heavy atom. The molecule has 1 atom stereocenters. The molecule has 1 aromatic heterocycles. The molecule has 138 valence electrons. The maximum atomic E-state index is 13.4. The number of thiol groups is 1. The van der Waals surface area contributed by atoms with E-state index < -0.39 is 15.2 Å². The third-order valence-electron chi connectivity index (χ3n) is 4.48. The van der Waals surface area contributed by atoms with E-state index in [1.807, 2.05) is 0 Å². The first kappa shape index (κ1) is 17.9. The number of halogens is 1. The van der Waals surface area contributed by atoms with Gasteiger partial charge in [0.2, 0.25) is 0 Å². The summed E-state index contributed by atoms with van der Waals surface area (Å²) >= 11 is 4.21. The van der Waals surface area contributed by atoms with Crippen molar-refractivity contribution in [1.29, 1.82) is 0 Å². The summed E-state index contributed by atoms with van der Waals surface area (Å²) in [6.45, 7) is 0. The van der Waals surface area contributed by atoms with Crippen molar-refractivity contribution in [3.05, 3.63) is 78.0 Å². The van der Waals surface area contributed by atoms with Crippen molar-refractivity contribution in [2.24, 2.45) is 0 Å². The van der Waals surface area contributed by atoms with Crippen molar-refractivity contribution >= 4 is 34.0 Å². The quantitative estimate of drug-likeness (QED) is 0.678. The topological polar surface area (TPSA) is 63.2 Å². The Balaban J connectivity index is 1.87. The molecule has 27 heavy (non-hydrogen) atoms. The maximum Gasteiger partial charge on any atom is 0.200 e. The molecule has 0 saturated carbocycles. The number of benzene rings is 2. The lowest BCUT2D eigenvalue weighted by atomic mass is 10.3. The normalized spacial score (nSPS) is 16.4. The standard InChI is InChI=1S/C19H16FN3O2S2/c20-14-6-8-15(9-7-14)23-18(27(24,25)16-4-2-1-3-5-16)10-13-11-21-17(12-26)22-19(13)23/h1-9,11,18,26H,10,12H2. The van der Waals surface area contributed by atoms with Gasteiger partial charge in [-0.25, -0.2) is 22.8 Å². The fraction of sp³-hybridized carbons (Fsp3) is 0.158. The highest BCUT2D eigenvalue weighted by Gasteiger charge is 2.41. The van der Waals surface area contributed by atoms with E-state index in [0.717, 1.165) is 5.56 Å². The van der Waals surface area contributed by atoms with Crippen LogP contribution in [-0.2, 0) is 22.0 Å². The van der Waals surface area contributed by atoms with Gasteiger partial charge in [0, 0.05) is 23.9 Å². The van der Waals surface area contributed by atoms with E-state index in [1.165, 1.54) is 12.1 Å². The molecule has 0 radical (unpaired) electrons. The van der Waals surface area contributed by atoms with Crippen LogP contribution in [0.15, 0.2) is 65.7 Å². The third-order valence-corrected chi connectivity index (χ3v) is 6.78. The second kappa shape index (κ2) is 6.94. The van der Waals surface area contributed by atoms with Gasteiger partial charge in [-0.3, -0.25) is 0 Å². The predicted molar refractivity (Wildman–Crippen MR) is 104 cm³/mol. The summed E-state index contributed by atoms with van der Waals surface area (Å²) in [7, 11) is -3.69. The first-order valence-electron chi connectivity index (χ1n) is 8.30. The number of fused-ring (bicyclic) bond motifs is 1. The van der Waals surface area contributed by atoms with Crippen molar-refractivity contribution in [3.63, 3.8) is 0 Å². The molecule has 4 rings (SSSR count). The Morgan fingerprint density at radius 3 is 2.48 bits per heavy atom. The van der Waals surface area contributed by atoms with E-state index in [0.29, 0.717) is 23.1 Å². The van der Waals surface area contributed by atoms with Crippen LogP contribution in [-0.4, -0.2) is 23.8 Å². The summed E-state index contributed by atoms with van der Waals surface area (Å²) in [4.78, 5) is 10.6. The smallest absolute Gasteiger partial charge is 0.200 e. The molecule has 0 spiro atoms. The summed E-state index contributed by atoms with van der Waals surface area (Å²) in [5, 5.41) is -0.884. The molecule has 2 heterocycles. The van der Waals surface area contributed by atoms with Crippen molar-refractivity contribution in [3.8, 4) is 0 Å². The lowest BCUT2D eigenvalue weighted by molar-refractivity contribution is 0.581. The van der Waals surface area contributed by atoms with Crippen LogP contribution < -0.4 is 4.90 Å². The summed E-state index contributed by atoms with van der Waals surface area (Å²) in [5.41, 5.74) is 1.29. The van der Waals surface area contributed by atoms with Crippen molar-refractivity contribution in [1.82, 2.24) is 9.97 Å². The number of anilines is 2. The maximum absolute atomic E-state index is 13.4. The van der Waals surface area contributed by atoms with Gasteiger partial charge in [-0.05, 0) is 36.4 Å². The van der Waals surface area contributed by atoms with Gasteiger partial charge in [0.25, 0.3) is 0 Å². The van der Waals surface area contributed by atoms with E-state index >= 15 is 0 Å². The monoisotopic (exact) mass is 401 g/mol. The minimum Gasteiger partial charge on any atom is -0.308 e. The minimum atomic E-state index is -3.69. The van der Waals surface area contributed by atoms with E-state index in [9.17, 15) is 12.8 Å². The molecule has 0 N–H and O–H groups in total. The largest absolute Gasteiger partial charge is 0.308 e. The highest BCUT2D eigenvalue weighted by molar-refractivity contribution is 7.92. The molecule has 5 nitrogen and oxygen atoms in total. The van der Waals surface area contributed by atoms with Gasteiger partial charge in [-0.15, -0.1) is 0 Å². The zero-order valence-electron chi connectivity index (χ0n) is 14.2. The third kappa shape index (κ3) is 3.19. The van der Waals surface area contributed by atoms with Crippen LogP contribution in [0.2, 0.25) is 0 Å². The molecule has 0 bridgehead atoms. The molecule has 1 unspecified atom stereocenters. The van der Waals surface area contributed by atoms with E-state index in [2.05, 4.69) is 22.6 Å². The number of nitrogens with zero attached hydrogens (tertiary/aromatic N) is 3. The van der Waals surface area contributed by atoms with Crippen molar-refractivity contribution in [2.75, 3.05) is 4.90 Å². The molecule has 0 aliphatic carbocycles. The molecule has 1 aliphatic heterocycles. The Bertz CT molecular complexity index is 1070. The molecule has 8 heteroatoms. The van der Waals surface area contributed by atoms with Gasteiger partial charge in [-0.2, -0.15) is 12.6 Å². The highest BCUT2D eigenvalue weighted by atomic mass is 32.2. The summed E-state index contributed by atoms with van der Waals surface area (Å²) in [5.74, 6) is 0.965.